The van der Waals surface area contributed by atoms with Crippen molar-refractivity contribution in [2.75, 3.05) is 12.8 Å². The van der Waals surface area contributed by atoms with Gasteiger partial charge in [0.2, 0.25) is 0 Å². The van der Waals surface area contributed by atoms with Gasteiger partial charge in [-0.3, -0.25) is 0 Å². The summed E-state index contributed by atoms with van der Waals surface area (Å²) in [5.74, 6) is 3.30. The van der Waals surface area contributed by atoms with E-state index in [0.717, 1.165) is 11.7 Å². The zero-order chi connectivity index (χ0) is 13.5. The van der Waals surface area contributed by atoms with Gasteiger partial charge in [0.25, 0.3) is 0 Å². The van der Waals surface area contributed by atoms with Crippen molar-refractivity contribution in [2.24, 2.45) is 5.92 Å². The van der Waals surface area contributed by atoms with E-state index < -0.39 is 0 Å². The topological polar surface area (TPSA) is 12.0 Å². The summed E-state index contributed by atoms with van der Waals surface area (Å²) in [6.07, 6.45) is 7.17. The zero-order valence-electron chi connectivity index (χ0n) is 12.3. The molecular weight excluding hydrogens is 250 g/mol. The molecule has 1 aromatic rings. The minimum absolute atomic E-state index is 0.703. The van der Waals surface area contributed by atoms with Crippen LogP contribution in [0.15, 0.2) is 24.3 Å². The summed E-state index contributed by atoms with van der Waals surface area (Å²) in [6, 6.07) is 9.46. The molecule has 1 aromatic carbocycles. The van der Waals surface area contributed by atoms with Gasteiger partial charge in [-0.15, -0.1) is 0 Å². The molecule has 0 spiro atoms. The molecule has 0 radical (unpaired) electrons. The average molecular weight is 277 g/mol. The summed E-state index contributed by atoms with van der Waals surface area (Å²) >= 11 is 2.08. The molecule has 1 saturated carbocycles. The third-order valence-corrected chi connectivity index (χ3v) is 5.52. The molecule has 0 aliphatic heterocycles. The molecule has 19 heavy (non-hydrogen) atoms. The highest BCUT2D eigenvalue weighted by atomic mass is 32.2. The fourth-order valence-corrected chi connectivity index (χ4v) is 4.41. The summed E-state index contributed by atoms with van der Waals surface area (Å²) in [7, 11) is 2.13. The number of hydrogen-bond donors (Lipinski definition) is 1. The largest absolute Gasteiger partial charge is 0.316 e. The van der Waals surface area contributed by atoms with Crippen LogP contribution in [0.4, 0.5) is 0 Å². The molecular formula is C17H27NS. The lowest BCUT2D eigenvalue weighted by Crippen LogP contribution is -2.36. The Kier molecular flexibility index (Phi) is 6.25. The van der Waals surface area contributed by atoms with Crippen LogP contribution in [0.1, 0.15) is 43.2 Å². The van der Waals surface area contributed by atoms with E-state index in [4.69, 9.17) is 0 Å². The monoisotopic (exact) mass is 277 g/mol. The van der Waals surface area contributed by atoms with E-state index in [0.29, 0.717) is 6.04 Å². The van der Waals surface area contributed by atoms with Crippen molar-refractivity contribution in [3.63, 3.8) is 0 Å². The maximum absolute atomic E-state index is 3.55. The number of hydrogen-bond acceptors (Lipinski definition) is 2. The standard InChI is InChI=1S/C17H27NS/c1-14-8-6-7-11-16(14)12-19-13-17(18-2)15-9-4-3-5-10-15/h6-8,11,15,17-18H,3-5,9-10,12-13H2,1-2H3. The highest BCUT2D eigenvalue weighted by molar-refractivity contribution is 7.98. The molecule has 0 saturated heterocycles. The Morgan fingerprint density at radius 2 is 1.95 bits per heavy atom. The molecule has 1 unspecified atom stereocenters. The van der Waals surface area contributed by atoms with Gasteiger partial charge in [0, 0.05) is 17.5 Å². The van der Waals surface area contributed by atoms with Crippen molar-refractivity contribution in [3.8, 4) is 0 Å². The molecule has 0 heterocycles. The van der Waals surface area contributed by atoms with Crippen LogP contribution in [0.5, 0.6) is 0 Å². The lowest BCUT2D eigenvalue weighted by molar-refractivity contribution is 0.294. The first-order valence-corrected chi connectivity index (χ1v) is 8.76. The average Bonchev–Trinajstić information content (AvgIpc) is 2.46. The molecule has 1 nitrogen and oxygen atoms in total. The minimum atomic E-state index is 0.703. The second kappa shape index (κ2) is 7.96. The Hall–Kier alpha value is -0.470. The first-order valence-electron chi connectivity index (χ1n) is 7.61. The smallest absolute Gasteiger partial charge is 0.0187 e. The zero-order valence-corrected chi connectivity index (χ0v) is 13.1. The molecule has 0 bridgehead atoms. The molecule has 0 aromatic heterocycles. The fraction of sp³-hybridized carbons (Fsp3) is 0.647. The molecule has 0 amide bonds. The number of rotatable bonds is 6. The van der Waals surface area contributed by atoms with Crippen molar-refractivity contribution >= 4 is 11.8 Å². The van der Waals surface area contributed by atoms with Gasteiger partial charge in [-0.05, 0) is 43.9 Å². The Bertz CT molecular complexity index is 371. The van der Waals surface area contributed by atoms with Gasteiger partial charge in [-0.25, -0.2) is 0 Å². The van der Waals surface area contributed by atoms with E-state index in [1.807, 2.05) is 0 Å². The first-order chi connectivity index (χ1) is 9.31. The van der Waals surface area contributed by atoms with Gasteiger partial charge < -0.3 is 5.32 Å². The Labute approximate surface area is 122 Å². The number of aryl methyl sites for hydroxylation is 1. The number of nitrogens with one attached hydrogen (secondary N) is 1. The molecule has 2 heteroatoms. The molecule has 1 fully saturated rings. The normalized spacial score (nSPS) is 18.4. The van der Waals surface area contributed by atoms with E-state index in [1.165, 1.54) is 49.0 Å². The van der Waals surface area contributed by atoms with E-state index in [9.17, 15) is 0 Å². The summed E-state index contributed by atoms with van der Waals surface area (Å²) in [5, 5.41) is 3.55. The second-order valence-corrected chi connectivity index (χ2v) is 6.77. The quantitative estimate of drug-likeness (QED) is 0.827. The number of benzene rings is 1. The van der Waals surface area contributed by atoms with Crippen LogP contribution < -0.4 is 5.32 Å². The highest BCUT2D eigenvalue weighted by Gasteiger charge is 2.22. The van der Waals surface area contributed by atoms with Crippen LogP contribution in [0.2, 0.25) is 0 Å². The molecule has 1 aliphatic carbocycles. The van der Waals surface area contributed by atoms with E-state index >= 15 is 0 Å². The molecule has 106 valence electrons. The maximum atomic E-state index is 3.55. The summed E-state index contributed by atoms with van der Waals surface area (Å²) in [6.45, 7) is 2.21. The van der Waals surface area contributed by atoms with Crippen LogP contribution in [-0.4, -0.2) is 18.8 Å². The lowest BCUT2D eigenvalue weighted by Gasteiger charge is -2.29. The molecule has 2 rings (SSSR count). The number of thioether (sulfide) groups is 1. The lowest BCUT2D eigenvalue weighted by atomic mass is 9.84. The Morgan fingerprint density at radius 1 is 1.21 bits per heavy atom. The van der Waals surface area contributed by atoms with Crippen LogP contribution in [-0.2, 0) is 5.75 Å². The van der Waals surface area contributed by atoms with Gasteiger partial charge >= 0.3 is 0 Å². The van der Waals surface area contributed by atoms with Gasteiger partial charge in [0.15, 0.2) is 0 Å². The van der Waals surface area contributed by atoms with Crippen LogP contribution in [0, 0.1) is 12.8 Å². The fourth-order valence-electron chi connectivity index (χ4n) is 3.06. The van der Waals surface area contributed by atoms with Crippen molar-refractivity contribution < 1.29 is 0 Å². The predicted molar refractivity (Wildman–Crippen MR) is 86.8 cm³/mol. The van der Waals surface area contributed by atoms with E-state index in [1.54, 1.807) is 0 Å². The third-order valence-electron chi connectivity index (χ3n) is 4.41. The van der Waals surface area contributed by atoms with Gasteiger partial charge in [0.05, 0.1) is 0 Å². The minimum Gasteiger partial charge on any atom is -0.316 e. The third kappa shape index (κ3) is 4.54. The maximum Gasteiger partial charge on any atom is 0.0187 e. The predicted octanol–water partition coefficient (Wildman–Crippen LogP) is 4.40. The van der Waals surface area contributed by atoms with Crippen LogP contribution >= 0.6 is 11.8 Å². The van der Waals surface area contributed by atoms with E-state index in [2.05, 4.69) is 55.3 Å². The highest BCUT2D eigenvalue weighted by Crippen LogP contribution is 2.28. The van der Waals surface area contributed by atoms with Crippen molar-refractivity contribution in [2.45, 2.75) is 50.8 Å². The van der Waals surface area contributed by atoms with Crippen molar-refractivity contribution in [1.82, 2.24) is 5.32 Å². The van der Waals surface area contributed by atoms with Crippen molar-refractivity contribution in [3.05, 3.63) is 35.4 Å². The van der Waals surface area contributed by atoms with E-state index in [-0.39, 0.29) is 0 Å². The summed E-state index contributed by atoms with van der Waals surface area (Å²) < 4.78 is 0. The SMILES string of the molecule is CNC(CSCc1ccccc1C)C1CCCCC1. The Morgan fingerprint density at radius 3 is 2.63 bits per heavy atom. The van der Waals surface area contributed by atoms with Gasteiger partial charge in [-0.1, -0.05) is 43.5 Å². The first kappa shape index (κ1) is 14.9. The molecule has 1 N–H and O–H groups in total. The summed E-state index contributed by atoms with van der Waals surface area (Å²) in [5.41, 5.74) is 2.92. The van der Waals surface area contributed by atoms with Crippen LogP contribution in [0.3, 0.4) is 0 Å². The second-order valence-electron chi connectivity index (χ2n) is 5.73. The van der Waals surface area contributed by atoms with Gasteiger partial charge in [-0.2, -0.15) is 11.8 Å². The summed E-state index contributed by atoms with van der Waals surface area (Å²) in [4.78, 5) is 0. The van der Waals surface area contributed by atoms with Crippen molar-refractivity contribution in [1.29, 1.82) is 0 Å². The molecule has 1 atom stereocenters. The van der Waals surface area contributed by atoms with Gasteiger partial charge in [0.1, 0.15) is 0 Å². The Balaban J connectivity index is 1.78. The molecule has 1 aliphatic rings. The van der Waals surface area contributed by atoms with Crippen LogP contribution in [0.25, 0.3) is 0 Å².